The van der Waals surface area contributed by atoms with Crippen molar-refractivity contribution >= 4 is 5.69 Å². The van der Waals surface area contributed by atoms with Crippen molar-refractivity contribution in [3.05, 3.63) is 24.0 Å². The van der Waals surface area contributed by atoms with Gasteiger partial charge in [0.05, 0.1) is 17.4 Å². The monoisotopic (exact) mass is 201 g/mol. The van der Waals surface area contributed by atoms with Crippen LogP contribution in [0.1, 0.15) is 24.8 Å². The summed E-state index contributed by atoms with van der Waals surface area (Å²) in [5, 5.41) is 8.97. The van der Waals surface area contributed by atoms with E-state index >= 15 is 0 Å². The maximum absolute atomic E-state index is 8.97. The van der Waals surface area contributed by atoms with Crippen molar-refractivity contribution in [3.8, 4) is 6.07 Å². The summed E-state index contributed by atoms with van der Waals surface area (Å²) < 4.78 is 0. The molecular formula is C12H15N3. The first-order valence-electron chi connectivity index (χ1n) is 5.36. The SMILES string of the molecule is CN(CC1CCC1)c1cnccc1C#N. The van der Waals surface area contributed by atoms with Gasteiger partial charge in [0.1, 0.15) is 6.07 Å². The van der Waals surface area contributed by atoms with Crippen LogP contribution in [0.2, 0.25) is 0 Å². The Kier molecular flexibility index (Phi) is 2.86. The van der Waals surface area contributed by atoms with Crippen LogP contribution >= 0.6 is 0 Å². The Bertz CT molecular complexity index is 377. The highest BCUT2D eigenvalue weighted by Gasteiger charge is 2.20. The minimum atomic E-state index is 0.715. The molecule has 15 heavy (non-hydrogen) atoms. The molecule has 1 heterocycles. The van der Waals surface area contributed by atoms with E-state index in [1.807, 2.05) is 7.05 Å². The molecule has 0 aromatic carbocycles. The summed E-state index contributed by atoms with van der Waals surface area (Å²) in [4.78, 5) is 6.22. The molecular weight excluding hydrogens is 186 g/mol. The molecule has 0 aliphatic heterocycles. The molecule has 1 aliphatic carbocycles. The maximum Gasteiger partial charge on any atom is 0.101 e. The second-order valence-corrected chi connectivity index (χ2v) is 4.18. The van der Waals surface area contributed by atoms with Crippen molar-refractivity contribution in [3.63, 3.8) is 0 Å². The van der Waals surface area contributed by atoms with Crippen LogP contribution in [0.15, 0.2) is 18.5 Å². The Morgan fingerprint density at radius 3 is 3.00 bits per heavy atom. The van der Waals surface area contributed by atoms with E-state index in [-0.39, 0.29) is 0 Å². The summed E-state index contributed by atoms with van der Waals surface area (Å²) in [5.74, 6) is 0.807. The third-order valence-corrected chi connectivity index (χ3v) is 3.09. The van der Waals surface area contributed by atoms with Crippen LogP contribution in [0.4, 0.5) is 5.69 Å². The molecule has 0 amide bonds. The average Bonchev–Trinajstić information content (AvgIpc) is 2.23. The van der Waals surface area contributed by atoms with Crippen LogP contribution in [-0.2, 0) is 0 Å². The van der Waals surface area contributed by atoms with Gasteiger partial charge in [-0.3, -0.25) is 4.98 Å². The molecule has 0 spiro atoms. The van der Waals surface area contributed by atoms with E-state index in [0.717, 1.165) is 18.2 Å². The fourth-order valence-electron chi connectivity index (χ4n) is 1.95. The van der Waals surface area contributed by atoms with Gasteiger partial charge in [-0.05, 0) is 24.8 Å². The first kappa shape index (κ1) is 9.97. The standard InChI is InChI=1S/C12H15N3/c1-15(9-10-3-2-4-10)12-8-14-6-5-11(12)7-13/h5-6,8,10H,2-4,9H2,1H3. The van der Waals surface area contributed by atoms with E-state index in [1.165, 1.54) is 19.3 Å². The first-order chi connectivity index (χ1) is 7.31. The smallest absolute Gasteiger partial charge is 0.101 e. The molecule has 0 unspecified atom stereocenters. The molecule has 0 N–H and O–H groups in total. The van der Waals surface area contributed by atoms with Gasteiger partial charge in [0.25, 0.3) is 0 Å². The van der Waals surface area contributed by atoms with Gasteiger partial charge in [-0.2, -0.15) is 5.26 Å². The van der Waals surface area contributed by atoms with Gasteiger partial charge in [-0.15, -0.1) is 0 Å². The molecule has 0 atom stereocenters. The molecule has 1 saturated carbocycles. The van der Waals surface area contributed by atoms with Crippen molar-refractivity contribution in [2.75, 3.05) is 18.5 Å². The fourth-order valence-corrected chi connectivity index (χ4v) is 1.95. The van der Waals surface area contributed by atoms with Crippen molar-refractivity contribution in [2.24, 2.45) is 5.92 Å². The quantitative estimate of drug-likeness (QED) is 0.752. The lowest BCUT2D eigenvalue weighted by atomic mass is 9.85. The lowest BCUT2D eigenvalue weighted by molar-refractivity contribution is 0.321. The number of aromatic nitrogens is 1. The van der Waals surface area contributed by atoms with E-state index in [1.54, 1.807) is 18.5 Å². The van der Waals surface area contributed by atoms with E-state index in [2.05, 4.69) is 16.0 Å². The summed E-state index contributed by atoms with van der Waals surface area (Å²) in [7, 11) is 2.04. The molecule has 3 nitrogen and oxygen atoms in total. The van der Waals surface area contributed by atoms with E-state index in [4.69, 9.17) is 5.26 Å². The highest BCUT2D eigenvalue weighted by atomic mass is 15.1. The Hall–Kier alpha value is -1.56. The molecule has 78 valence electrons. The van der Waals surface area contributed by atoms with Gasteiger partial charge in [0.15, 0.2) is 0 Å². The summed E-state index contributed by atoms with van der Waals surface area (Å²) in [6.07, 6.45) is 7.45. The van der Waals surface area contributed by atoms with Crippen LogP contribution in [0, 0.1) is 17.2 Å². The molecule has 0 bridgehead atoms. The number of hydrogen-bond donors (Lipinski definition) is 0. The Morgan fingerprint density at radius 2 is 2.40 bits per heavy atom. The van der Waals surface area contributed by atoms with Crippen molar-refractivity contribution < 1.29 is 0 Å². The second-order valence-electron chi connectivity index (χ2n) is 4.18. The summed E-state index contributed by atoms with van der Waals surface area (Å²) in [6, 6.07) is 3.97. The highest BCUT2D eigenvalue weighted by Crippen LogP contribution is 2.28. The predicted molar refractivity (Wildman–Crippen MR) is 59.6 cm³/mol. The van der Waals surface area contributed by atoms with Gasteiger partial charge in [0.2, 0.25) is 0 Å². The van der Waals surface area contributed by atoms with Crippen molar-refractivity contribution in [2.45, 2.75) is 19.3 Å². The summed E-state index contributed by atoms with van der Waals surface area (Å²) in [6.45, 7) is 1.04. The van der Waals surface area contributed by atoms with E-state index < -0.39 is 0 Å². The van der Waals surface area contributed by atoms with Crippen LogP contribution in [0.5, 0.6) is 0 Å². The van der Waals surface area contributed by atoms with Crippen LogP contribution < -0.4 is 4.90 Å². The maximum atomic E-state index is 8.97. The van der Waals surface area contributed by atoms with Crippen molar-refractivity contribution in [1.29, 1.82) is 5.26 Å². The minimum absolute atomic E-state index is 0.715. The van der Waals surface area contributed by atoms with Crippen LogP contribution in [0.25, 0.3) is 0 Å². The van der Waals surface area contributed by atoms with E-state index in [9.17, 15) is 0 Å². The number of hydrogen-bond acceptors (Lipinski definition) is 3. The molecule has 0 radical (unpaired) electrons. The van der Waals surface area contributed by atoms with Gasteiger partial charge >= 0.3 is 0 Å². The third kappa shape index (κ3) is 2.10. The Balaban J connectivity index is 2.10. The zero-order valence-electron chi connectivity index (χ0n) is 8.98. The first-order valence-corrected chi connectivity index (χ1v) is 5.36. The largest absolute Gasteiger partial charge is 0.372 e. The fraction of sp³-hybridized carbons (Fsp3) is 0.500. The number of pyridine rings is 1. The Labute approximate surface area is 90.4 Å². The highest BCUT2D eigenvalue weighted by molar-refractivity contribution is 5.57. The second kappa shape index (κ2) is 4.31. The van der Waals surface area contributed by atoms with Crippen molar-refractivity contribution in [1.82, 2.24) is 4.98 Å². The minimum Gasteiger partial charge on any atom is -0.372 e. The summed E-state index contributed by atoms with van der Waals surface area (Å²) in [5.41, 5.74) is 1.67. The Morgan fingerprint density at radius 1 is 1.60 bits per heavy atom. The molecule has 1 aromatic rings. The van der Waals surface area contributed by atoms with Crippen LogP contribution in [-0.4, -0.2) is 18.6 Å². The zero-order valence-corrected chi connectivity index (χ0v) is 8.98. The lowest BCUT2D eigenvalue weighted by Crippen LogP contribution is -2.29. The molecule has 1 aliphatic rings. The molecule has 3 heteroatoms. The van der Waals surface area contributed by atoms with Gasteiger partial charge in [-0.25, -0.2) is 0 Å². The molecule has 1 aromatic heterocycles. The number of nitriles is 1. The molecule has 0 saturated heterocycles. The molecule has 1 fully saturated rings. The van der Waals surface area contributed by atoms with E-state index in [0.29, 0.717) is 5.56 Å². The number of anilines is 1. The topological polar surface area (TPSA) is 39.9 Å². The predicted octanol–water partition coefficient (Wildman–Crippen LogP) is 2.19. The molecule has 2 rings (SSSR count). The zero-order chi connectivity index (χ0) is 10.7. The van der Waals surface area contributed by atoms with Gasteiger partial charge in [-0.1, -0.05) is 6.42 Å². The van der Waals surface area contributed by atoms with Crippen LogP contribution in [0.3, 0.4) is 0 Å². The normalized spacial score (nSPS) is 15.5. The number of nitrogens with zero attached hydrogens (tertiary/aromatic N) is 3. The summed E-state index contributed by atoms with van der Waals surface area (Å²) >= 11 is 0. The third-order valence-electron chi connectivity index (χ3n) is 3.09. The van der Waals surface area contributed by atoms with Gasteiger partial charge < -0.3 is 4.90 Å². The number of rotatable bonds is 3. The average molecular weight is 201 g/mol. The van der Waals surface area contributed by atoms with Gasteiger partial charge in [0, 0.05) is 19.8 Å². The lowest BCUT2D eigenvalue weighted by Gasteiger charge is -2.31.